The largest absolute Gasteiger partial charge is 0.481 e. The molecule has 19 heavy (non-hydrogen) atoms. The SMILES string of the molecule is CCC[C@@H](N)C(=O)N1CCCC(CCC)(C(=O)O)C1. The highest BCUT2D eigenvalue weighted by Crippen LogP contribution is 2.35. The topological polar surface area (TPSA) is 83.6 Å². The van der Waals surface area contributed by atoms with E-state index in [1.54, 1.807) is 4.90 Å². The minimum absolute atomic E-state index is 0.0942. The van der Waals surface area contributed by atoms with Crippen LogP contribution in [0.25, 0.3) is 0 Å². The van der Waals surface area contributed by atoms with Gasteiger partial charge in [-0.25, -0.2) is 0 Å². The molecule has 2 atom stereocenters. The monoisotopic (exact) mass is 270 g/mol. The third kappa shape index (κ3) is 3.69. The highest BCUT2D eigenvalue weighted by Gasteiger charge is 2.43. The zero-order chi connectivity index (χ0) is 14.5. The fourth-order valence-corrected chi connectivity index (χ4v) is 2.95. The Morgan fingerprint density at radius 1 is 1.37 bits per heavy atom. The number of aliphatic carboxylic acids is 1. The van der Waals surface area contributed by atoms with E-state index in [0.717, 1.165) is 19.3 Å². The molecule has 110 valence electrons. The Labute approximate surface area is 115 Å². The van der Waals surface area contributed by atoms with Crippen molar-refractivity contribution >= 4 is 11.9 Å². The zero-order valence-electron chi connectivity index (χ0n) is 12.0. The van der Waals surface area contributed by atoms with Gasteiger partial charge in [0.25, 0.3) is 0 Å². The molecule has 1 aliphatic heterocycles. The standard InChI is InChI=1S/C14H26N2O3/c1-3-6-11(15)12(17)16-9-5-8-14(10-16,7-4-2)13(18)19/h11H,3-10,15H2,1-2H3,(H,18,19)/t11-,14?/m1/s1. The fourth-order valence-electron chi connectivity index (χ4n) is 2.95. The second-order valence-electron chi connectivity index (χ2n) is 5.59. The summed E-state index contributed by atoms with van der Waals surface area (Å²) >= 11 is 0. The molecule has 3 N–H and O–H groups in total. The van der Waals surface area contributed by atoms with E-state index in [4.69, 9.17) is 5.73 Å². The van der Waals surface area contributed by atoms with Crippen LogP contribution in [0.3, 0.4) is 0 Å². The number of carboxylic acid groups (broad SMARTS) is 1. The number of carboxylic acids is 1. The molecule has 1 fully saturated rings. The van der Waals surface area contributed by atoms with Crippen LogP contribution in [0.1, 0.15) is 52.4 Å². The Kier molecular flexibility index (Phi) is 5.79. The van der Waals surface area contributed by atoms with Gasteiger partial charge in [0.05, 0.1) is 11.5 Å². The van der Waals surface area contributed by atoms with Gasteiger partial charge in [-0.3, -0.25) is 9.59 Å². The normalized spacial score (nSPS) is 25.1. The van der Waals surface area contributed by atoms with E-state index in [9.17, 15) is 14.7 Å². The van der Waals surface area contributed by atoms with Crippen LogP contribution in [0.4, 0.5) is 0 Å². The van der Waals surface area contributed by atoms with Gasteiger partial charge in [-0.2, -0.15) is 0 Å². The van der Waals surface area contributed by atoms with Crippen molar-refractivity contribution < 1.29 is 14.7 Å². The summed E-state index contributed by atoms with van der Waals surface area (Å²) < 4.78 is 0. The predicted octanol–water partition coefficient (Wildman–Crippen LogP) is 1.61. The quantitative estimate of drug-likeness (QED) is 0.768. The van der Waals surface area contributed by atoms with Crippen molar-refractivity contribution in [1.82, 2.24) is 4.90 Å². The Hall–Kier alpha value is -1.10. The lowest BCUT2D eigenvalue weighted by molar-refractivity contribution is -0.155. The maximum atomic E-state index is 12.2. The Bertz CT molecular complexity index is 329. The first-order valence-corrected chi connectivity index (χ1v) is 7.24. The molecule has 0 aromatic rings. The molecule has 5 heteroatoms. The van der Waals surface area contributed by atoms with Crippen LogP contribution in [0.2, 0.25) is 0 Å². The highest BCUT2D eigenvalue weighted by molar-refractivity contribution is 5.83. The number of carbonyl (C=O) groups excluding carboxylic acids is 1. The van der Waals surface area contributed by atoms with Crippen molar-refractivity contribution in [2.45, 2.75) is 58.4 Å². The summed E-state index contributed by atoms with van der Waals surface area (Å²) in [6.07, 6.45) is 4.35. The molecule has 0 spiro atoms. The number of nitrogens with two attached hydrogens (primary N) is 1. The van der Waals surface area contributed by atoms with Gasteiger partial charge in [-0.1, -0.05) is 26.7 Å². The molecule has 0 aromatic heterocycles. The van der Waals surface area contributed by atoms with Crippen molar-refractivity contribution in [3.05, 3.63) is 0 Å². The van der Waals surface area contributed by atoms with Gasteiger partial charge in [-0.15, -0.1) is 0 Å². The molecule has 1 saturated heterocycles. The smallest absolute Gasteiger partial charge is 0.311 e. The number of amides is 1. The summed E-state index contributed by atoms with van der Waals surface area (Å²) in [5.41, 5.74) is 5.09. The first kappa shape index (κ1) is 16.0. The first-order chi connectivity index (χ1) is 8.96. The highest BCUT2D eigenvalue weighted by atomic mass is 16.4. The van der Waals surface area contributed by atoms with E-state index in [1.807, 2.05) is 13.8 Å². The summed E-state index contributed by atoms with van der Waals surface area (Å²) in [6, 6.07) is -0.490. The summed E-state index contributed by atoms with van der Waals surface area (Å²) in [7, 11) is 0. The van der Waals surface area contributed by atoms with Gasteiger partial charge in [0.15, 0.2) is 0 Å². The maximum absolute atomic E-state index is 12.2. The van der Waals surface area contributed by atoms with E-state index in [0.29, 0.717) is 32.4 Å². The second kappa shape index (κ2) is 6.89. The Morgan fingerprint density at radius 3 is 2.58 bits per heavy atom. The summed E-state index contributed by atoms with van der Waals surface area (Å²) in [4.78, 5) is 25.4. The number of hydrogen-bond acceptors (Lipinski definition) is 3. The molecule has 1 aliphatic rings. The second-order valence-corrected chi connectivity index (χ2v) is 5.59. The first-order valence-electron chi connectivity index (χ1n) is 7.24. The zero-order valence-corrected chi connectivity index (χ0v) is 12.0. The van der Waals surface area contributed by atoms with Crippen LogP contribution >= 0.6 is 0 Å². The molecule has 5 nitrogen and oxygen atoms in total. The van der Waals surface area contributed by atoms with Crippen LogP contribution in [-0.2, 0) is 9.59 Å². The maximum Gasteiger partial charge on any atom is 0.311 e. The van der Waals surface area contributed by atoms with E-state index in [2.05, 4.69) is 0 Å². The minimum Gasteiger partial charge on any atom is -0.481 e. The van der Waals surface area contributed by atoms with E-state index in [-0.39, 0.29) is 5.91 Å². The number of rotatable bonds is 6. The van der Waals surface area contributed by atoms with Gasteiger partial charge >= 0.3 is 5.97 Å². The third-order valence-electron chi connectivity index (χ3n) is 3.99. The van der Waals surface area contributed by atoms with Crippen molar-refractivity contribution in [3.8, 4) is 0 Å². The van der Waals surface area contributed by atoms with Crippen LogP contribution in [-0.4, -0.2) is 41.0 Å². The van der Waals surface area contributed by atoms with Crippen molar-refractivity contribution in [3.63, 3.8) is 0 Å². The number of carbonyl (C=O) groups is 2. The van der Waals surface area contributed by atoms with Crippen molar-refractivity contribution in [2.24, 2.45) is 11.1 Å². The molecular formula is C14H26N2O3. The number of piperidine rings is 1. The van der Waals surface area contributed by atoms with Crippen LogP contribution in [0.15, 0.2) is 0 Å². The Balaban J connectivity index is 2.77. The average molecular weight is 270 g/mol. The summed E-state index contributed by atoms with van der Waals surface area (Å²) in [5, 5.41) is 9.49. The van der Waals surface area contributed by atoms with Gasteiger partial charge in [0.1, 0.15) is 0 Å². The van der Waals surface area contributed by atoms with Crippen molar-refractivity contribution in [1.29, 1.82) is 0 Å². The predicted molar refractivity (Wildman–Crippen MR) is 73.7 cm³/mol. The van der Waals surface area contributed by atoms with Gasteiger partial charge < -0.3 is 15.7 Å². The van der Waals surface area contributed by atoms with Crippen molar-refractivity contribution in [2.75, 3.05) is 13.1 Å². The van der Waals surface area contributed by atoms with E-state index < -0.39 is 17.4 Å². The molecule has 0 radical (unpaired) electrons. The lowest BCUT2D eigenvalue weighted by atomic mass is 9.76. The lowest BCUT2D eigenvalue weighted by Gasteiger charge is -2.40. The van der Waals surface area contributed by atoms with Gasteiger partial charge in [-0.05, 0) is 25.7 Å². The van der Waals surface area contributed by atoms with Crippen LogP contribution in [0, 0.1) is 5.41 Å². The lowest BCUT2D eigenvalue weighted by Crippen LogP contribution is -2.53. The molecular weight excluding hydrogens is 244 g/mol. The molecule has 0 aliphatic carbocycles. The average Bonchev–Trinajstić information content (AvgIpc) is 2.38. The minimum atomic E-state index is -0.782. The van der Waals surface area contributed by atoms with E-state index >= 15 is 0 Å². The summed E-state index contributed by atoms with van der Waals surface area (Å²) in [5.74, 6) is -0.876. The van der Waals surface area contributed by atoms with Crippen LogP contribution in [0.5, 0.6) is 0 Å². The molecule has 0 aromatic carbocycles. The number of nitrogens with zero attached hydrogens (tertiary/aromatic N) is 1. The number of likely N-dealkylation sites (tertiary alicyclic amines) is 1. The number of hydrogen-bond donors (Lipinski definition) is 2. The molecule has 1 rings (SSSR count). The van der Waals surface area contributed by atoms with Crippen LogP contribution < -0.4 is 5.73 Å². The fraction of sp³-hybridized carbons (Fsp3) is 0.857. The molecule has 0 saturated carbocycles. The third-order valence-corrected chi connectivity index (χ3v) is 3.99. The summed E-state index contributed by atoms with van der Waals surface area (Å²) in [6.45, 7) is 4.91. The van der Waals surface area contributed by atoms with Gasteiger partial charge in [0, 0.05) is 13.1 Å². The molecule has 0 bridgehead atoms. The van der Waals surface area contributed by atoms with E-state index in [1.165, 1.54) is 0 Å². The molecule has 1 unspecified atom stereocenters. The molecule has 1 heterocycles. The molecule has 1 amide bonds. The Morgan fingerprint density at radius 2 is 2.05 bits per heavy atom. The van der Waals surface area contributed by atoms with Gasteiger partial charge in [0.2, 0.25) is 5.91 Å².